The van der Waals surface area contributed by atoms with Crippen LogP contribution in [0.15, 0.2) is 41.4 Å². The van der Waals surface area contributed by atoms with Crippen molar-refractivity contribution in [3.8, 4) is 0 Å². The van der Waals surface area contributed by atoms with Gasteiger partial charge in [0.05, 0.1) is 0 Å². The molecule has 1 amide bonds. The molecule has 3 nitrogen and oxygen atoms in total. The van der Waals surface area contributed by atoms with E-state index in [9.17, 15) is 9.18 Å². The molecule has 0 spiro atoms. The van der Waals surface area contributed by atoms with E-state index >= 15 is 0 Å². The van der Waals surface area contributed by atoms with E-state index in [1.807, 2.05) is 13.8 Å². The zero-order valence-corrected chi connectivity index (χ0v) is 15.4. The summed E-state index contributed by atoms with van der Waals surface area (Å²) in [6, 6.07) is 10.8. The lowest BCUT2D eigenvalue weighted by Gasteiger charge is -2.10. The van der Waals surface area contributed by atoms with Crippen LogP contribution in [0.5, 0.6) is 0 Å². The maximum atomic E-state index is 14.1. The van der Waals surface area contributed by atoms with Gasteiger partial charge in [0, 0.05) is 24.4 Å². The van der Waals surface area contributed by atoms with Crippen LogP contribution in [-0.2, 0) is 13.0 Å². The lowest BCUT2D eigenvalue weighted by Crippen LogP contribution is -2.23. The highest BCUT2D eigenvalue weighted by Crippen LogP contribution is 2.16. The number of nitrogens with one attached hydrogen (secondary N) is 1. The summed E-state index contributed by atoms with van der Waals surface area (Å²) in [5.41, 5.74) is 5.66. The molecule has 26 heavy (non-hydrogen) atoms. The minimum absolute atomic E-state index is 0.177. The molecular formula is C22H25FN2O. The molecule has 0 unspecified atom stereocenters. The second kappa shape index (κ2) is 8.26. The van der Waals surface area contributed by atoms with Crippen molar-refractivity contribution in [2.24, 2.45) is 4.99 Å². The SMILES string of the molecule is Cc1cc(C)cc(CNC(=O)c2ccc(F)c(CCC3=NCCC3)c2)c1. The largest absolute Gasteiger partial charge is 0.348 e. The molecule has 0 aliphatic carbocycles. The Morgan fingerprint density at radius 3 is 2.58 bits per heavy atom. The van der Waals surface area contributed by atoms with Crippen molar-refractivity contribution in [1.82, 2.24) is 5.32 Å². The fourth-order valence-corrected chi connectivity index (χ4v) is 3.45. The number of rotatable bonds is 6. The van der Waals surface area contributed by atoms with E-state index in [0.717, 1.165) is 37.1 Å². The third kappa shape index (κ3) is 4.78. The Bertz CT molecular complexity index is 822. The Balaban J connectivity index is 1.64. The van der Waals surface area contributed by atoms with Gasteiger partial charge in [0.25, 0.3) is 5.91 Å². The molecule has 3 rings (SSSR count). The molecule has 1 heterocycles. The van der Waals surface area contributed by atoms with Gasteiger partial charge in [-0.15, -0.1) is 0 Å². The third-order valence-electron chi connectivity index (χ3n) is 4.68. The van der Waals surface area contributed by atoms with E-state index < -0.39 is 0 Å². The average Bonchev–Trinajstić information content (AvgIpc) is 3.11. The zero-order valence-electron chi connectivity index (χ0n) is 15.4. The van der Waals surface area contributed by atoms with Crippen LogP contribution in [-0.4, -0.2) is 18.2 Å². The molecule has 0 aromatic heterocycles. The van der Waals surface area contributed by atoms with Gasteiger partial charge in [-0.1, -0.05) is 29.3 Å². The molecular weight excluding hydrogens is 327 g/mol. The van der Waals surface area contributed by atoms with Crippen molar-refractivity contribution in [3.05, 3.63) is 70.0 Å². The normalized spacial score (nSPS) is 13.6. The van der Waals surface area contributed by atoms with Crippen molar-refractivity contribution in [1.29, 1.82) is 0 Å². The Hall–Kier alpha value is -2.49. The molecule has 1 N–H and O–H groups in total. The summed E-state index contributed by atoms with van der Waals surface area (Å²) >= 11 is 0. The van der Waals surface area contributed by atoms with E-state index in [2.05, 4.69) is 28.5 Å². The lowest BCUT2D eigenvalue weighted by atomic mass is 10.0. The molecule has 0 saturated heterocycles. The van der Waals surface area contributed by atoms with E-state index in [4.69, 9.17) is 0 Å². The number of benzene rings is 2. The molecule has 0 bridgehead atoms. The molecule has 1 aliphatic heterocycles. The summed E-state index contributed by atoms with van der Waals surface area (Å²) in [4.78, 5) is 16.9. The van der Waals surface area contributed by atoms with Crippen molar-refractivity contribution >= 4 is 11.6 Å². The van der Waals surface area contributed by atoms with E-state index in [0.29, 0.717) is 24.1 Å². The minimum Gasteiger partial charge on any atom is -0.348 e. The molecule has 0 fully saturated rings. The molecule has 4 heteroatoms. The number of amides is 1. The van der Waals surface area contributed by atoms with Gasteiger partial charge in [-0.25, -0.2) is 4.39 Å². The molecule has 136 valence electrons. The highest BCUT2D eigenvalue weighted by molar-refractivity contribution is 5.94. The quantitative estimate of drug-likeness (QED) is 0.815. The molecule has 0 saturated carbocycles. The van der Waals surface area contributed by atoms with Gasteiger partial charge >= 0.3 is 0 Å². The van der Waals surface area contributed by atoms with Gasteiger partial charge < -0.3 is 5.32 Å². The predicted molar refractivity (Wildman–Crippen MR) is 103 cm³/mol. The maximum Gasteiger partial charge on any atom is 0.251 e. The number of hydrogen-bond donors (Lipinski definition) is 1. The summed E-state index contributed by atoms with van der Waals surface area (Å²) in [6.07, 6.45) is 3.46. The first kappa shape index (κ1) is 18.3. The number of carbonyl (C=O) groups is 1. The monoisotopic (exact) mass is 352 g/mol. The molecule has 0 atom stereocenters. The molecule has 2 aromatic rings. The fourth-order valence-electron chi connectivity index (χ4n) is 3.45. The van der Waals surface area contributed by atoms with Crippen LogP contribution >= 0.6 is 0 Å². The fraction of sp³-hybridized carbons (Fsp3) is 0.364. The van der Waals surface area contributed by atoms with Gasteiger partial charge in [-0.05, 0) is 68.9 Å². The van der Waals surface area contributed by atoms with E-state index in [1.54, 1.807) is 12.1 Å². The highest BCUT2D eigenvalue weighted by Gasteiger charge is 2.12. The lowest BCUT2D eigenvalue weighted by molar-refractivity contribution is 0.0950. The van der Waals surface area contributed by atoms with Gasteiger partial charge in [0.2, 0.25) is 0 Å². The minimum atomic E-state index is -0.255. The van der Waals surface area contributed by atoms with E-state index in [1.165, 1.54) is 17.2 Å². The van der Waals surface area contributed by atoms with Crippen LogP contribution in [0.2, 0.25) is 0 Å². The van der Waals surface area contributed by atoms with Crippen molar-refractivity contribution in [2.75, 3.05) is 6.54 Å². The topological polar surface area (TPSA) is 41.5 Å². The third-order valence-corrected chi connectivity index (χ3v) is 4.68. The van der Waals surface area contributed by atoms with Crippen LogP contribution in [0.1, 0.15) is 51.9 Å². The first-order valence-corrected chi connectivity index (χ1v) is 9.17. The van der Waals surface area contributed by atoms with Crippen LogP contribution in [0.3, 0.4) is 0 Å². The molecule has 0 radical (unpaired) electrons. The summed E-state index contributed by atoms with van der Waals surface area (Å²) in [7, 11) is 0. The van der Waals surface area contributed by atoms with Gasteiger partial charge in [-0.2, -0.15) is 0 Å². The standard InChI is InChI=1S/C22H25FN2O/c1-15-10-16(2)12-17(11-15)14-25-22(26)19-6-8-21(23)18(13-19)5-7-20-4-3-9-24-20/h6,8,10-13H,3-5,7,9,14H2,1-2H3,(H,25,26). The first-order valence-electron chi connectivity index (χ1n) is 9.17. The number of aliphatic imine (C=N–C) groups is 1. The van der Waals surface area contributed by atoms with Gasteiger partial charge in [0.15, 0.2) is 0 Å². The van der Waals surface area contributed by atoms with Gasteiger partial charge in [0.1, 0.15) is 5.82 Å². The summed E-state index contributed by atoms with van der Waals surface area (Å²) < 4.78 is 14.1. The summed E-state index contributed by atoms with van der Waals surface area (Å²) in [5.74, 6) is -0.432. The number of hydrogen-bond acceptors (Lipinski definition) is 2. The number of aryl methyl sites for hydroxylation is 3. The second-order valence-electron chi connectivity index (χ2n) is 7.04. The zero-order chi connectivity index (χ0) is 18.5. The molecule has 1 aliphatic rings. The summed E-state index contributed by atoms with van der Waals surface area (Å²) in [5, 5.41) is 2.93. The number of carbonyl (C=O) groups excluding carboxylic acids is 1. The van der Waals surface area contributed by atoms with Crippen LogP contribution in [0.4, 0.5) is 4.39 Å². The Morgan fingerprint density at radius 2 is 1.88 bits per heavy atom. The average molecular weight is 352 g/mol. The predicted octanol–water partition coefficient (Wildman–Crippen LogP) is 4.54. The number of halogens is 1. The highest BCUT2D eigenvalue weighted by atomic mass is 19.1. The van der Waals surface area contributed by atoms with Crippen LogP contribution < -0.4 is 5.32 Å². The smallest absolute Gasteiger partial charge is 0.251 e. The first-order chi connectivity index (χ1) is 12.5. The Labute approximate surface area is 154 Å². The second-order valence-corrected chi connectivity index (χ2v) is 7.04. The van der Waals surface area contributed by atoms with E-state index in [-0.39, 0.29) is 11.7 Å². The number of nitrogens with zero attached hydrogens (tertiary/aromatic N) is 1. The van der Waals surface area contributed by atoms with Crippen LogP contribution in [0.25, 0.3) is 0 Å². The van der Waals surface area contributed by atoms with Crippen molar-refractivity contribution in [2.45, 2.75) is 46.1 Å². The molecule has 2 aromatic carbocycles. The maximum absolute atomic E-state index is 14.1. The summed E-state index contributed by atoms with van der Waals surface area (Å²) in [6.45, 7) is 5.43. The van der Waals surface area contributed by atoms with Crippen molar-refractivity contribution < 1.29 is 9.18 Å². The van der Waals surface area contributed by atoms with Gasteiger partial charge in [-0.3, -0.25) is 9.79 Å². The Morgan fingerprint density at radius 1 is 1.12 bits per heavy atom. The Kier molecular flexibility index (Phi) is 5.82. The van der Waals surface area contributed by atoms with Crippen LogP contribution in [0, 0.1) is 19.7 Å². The van der Waals surface area contributed by atoms with Crippen molar-refractivity contribution in [3.63, 3.8) is 0 Å².